The number of nitro benzene ring substituents is 1. The number of hydrogen-bond acceptors (Lipinski definition) is 3. The molecule has 0 spiro atoms. The molecule has 0 saturated heterocycles. The van der Waals surface area contributed by atoms with Crippen LogP contribution in [-0.2, 0) is 5.75 Å². The Morgan fingerprint density at radius 1 is 1.20 bits per heavy atom. The lowest BCUT2D eigenvalue weighted by atomic mass is 10.2. The molecule has 0 amide bonds. The van der Waals surface area contributed by atoms with Crippen LogP contribution in [0, 0.1) is 21.7 Å². The van der Waals surface area contributed by atoms with Crippen LogP contribution in [0.4, 0.5) is 14.5 Å². The second kappa shape index (κ2) is 6.19. The molecule has 0 atom stereocenters. The summed E-state index contributed by atoms with van der Waals surface area (Å²) in [6, 6.07) is 7.69. The van der Waals surface area contributed by atoms with Gasteiger partial charge >= 0.3 is 0 Å². The predicted octanol–water partition coefficient (Wildman–Crippen LogP) is 4.82. The summed E-state index contributed by atoms with van der Waals surface area (Å²) in [6.45, 7) is 0. The van der Waals surface area contributed by atoms with Crippen LogP contribution in [0.2, 0.25) is 5.02 Å². The molecule has 0 aliphatic rings. The normalized spacial score (nSPS) is 10.6. The number of thioether (sulfide) groups is 1. The van der Waals surface area contributed by atoms with E-state index in [9.17, 15) is 18.9 Å². The zero-order valence-corrected chi connectivity index (χ0v) is 11.5. The summed E-state index contributed by atoms with van der Waals surface area (Å²) in [5, 5.41) is 10.8. The molecular weight excluding hydrogens is 308 g/mol. The lowest BCUT2D eigenvalue weighted by molar-refractivity contribution is -0.384. The Morgan fingerprint density at radius 2 is 1.95 bits per heavy atom. The third kappa shape index (κ3) is 3.46. The monoisotopic (exact) mass is 315 g/mol. The minimum absolute atomic E-state index is 0.0525. The number of rotatable bonds is 4. The van der Waals surface area contributed by atoms with Gasteiger partial charge in [0, 0.05) is 22.8 Å². The van der Waals surface area contributed by atoms with Gasteiger partial charge in [-0.25, -0.2) is 8.78 Å². The molecule has 0 bridgehead atoms. The highest BCUT2D eigenvalue weighted by molar-refractivity contribution is 7.98. The summed E-state index contributed by atoms with van der Waals surface area (Å²) in [7, 11) is 0. The van der Waals surface area contributed by atoms with E-state index in [1.165, 1.54) is 18.2 Å². The Balaban J connectivity index is 2.15. The maximum absolute atomic E-state index is 13.4. The first-order valence-electron chi connectivity index (χ1n) is 5.48. The molecule has 7 heteroatoms. The Labute approximate surface area is 122 Å². The topological polar surface area (TPSA) is 43.1 Å². The second-order valence-corrected chi connectivity index (χ2v) is 5.33. The van der Waals surface area contributed by atoms with Gasteiger partial charge < -0.3 is 0 Å². The van der Waals surface area contributed by atoms with E-state index < -0.39 is 16.6 Å². The van der Waals surface area contributed by atoms with Crippen LogP contribution in [0.25, 0.3) is 0 Å². The predicted molar refractivity (Wildman–Crippen MR) is 74.0 cm³/mol. The zero-order chi connectivity index (χ0) is 14.7. The number of benzene rings is 2. The summed E-state index contributed by atoms with van der Waals surface area (Å²) in [6.07, 6.45) is 0. The molecule has 0 N–H and O–H groups in total. The maximum Gasteiger partial charge on any atom is 0.288 e. The molecular formula is C13H8ClF2NO2S. The van der Waals surface area contributed by atoms with Gasteiger partial charge in [-0.3, -0.25) is 10.1 Å². The van der Waals surface area contributed by atoms with E-state index >= 15 is 0 Å². The quantitative estimate of drug-likeness (QED) is 0.461. The first kappa shape index (κ1) is 14.7. The molecule has 2 aromatic rings. The molecule has 2 rings (SSSR count). The van der Waals surface area contributed by atoms with Crippen molar-refractivity contribution in [3.63, 3.8) is 0 Å². The number of halogens is 3. The molecule has 0 heterocycles. The van der Waals surface area contributed by atoms with Gasteiger partial charge in [-0.2, -0.15) is 0 Å². The number of nitro groups is 1. The van der Waals surface area contributed by atoms with Crippen molar-refractivity contribution in [2.75, 3.05) is 0 Å². The highest BCUT2D eigenvalue weighted by Gasteiger charge is 2.13. The molecule has 104 valence electrons. The average molecular weight is 316 g/mol. The van der Waals surface area contributed by atoms with Crippen LogP contribution < -0.4 is 0 Å². The zero-order valence-electron chi connectivity index (χ0n) is 9.98. The van der Waals surface area contributed by atoms with E-state index in [2.05, 4.69) is 0 Å². The largest absolute Gasteiger partial charge is 0.288 e. The van der Waals surface area contributed by atoms with Crippen LogP contribution in [0.15, 0.2) is 41.3 Å². The van der Waals surface area contributed by atoms with Crippen molar-refractivity contribution < 1.29 is 13.7 Å². The molecule has 0 aliphatic carbocycles. The smallest absolute Gasteiger partial charge is 0.258 e. The highest BCUT2D eigenvalue weighted by Crippen LogP contribution is 2.30. The van der Waals surface area contributed by atoms with Crippen LogP contribution >= 0.6 is 23.4 Å². The summed E-state index contributed by atoms with van der Waals surface area (Å²) < 4.78 is 26.2. The molecule has 2 aromatic carbocycles. The lowest BCUT2D eigenvalue weighted by Gasteiger charge is -2.04. The highest BCUT2D eigenvalue weighted by atomic mass is 35.5. The van der Waals surface area contributed by atoms with Crippen molar-refractivity contribution in [3.8, 4) is 0 Å². The molecule has 0 aliphatic heterocycles. The van der Waals surface area contributed by atoms with Gasteiger partial charge in [0.25, 0.3) is 5.69 Å². The van der Waals surface area contributed by atoms with E-state index in [4.69, 9.17) is 11.6 Å². The van der Waals surface area contributed by atoms with Gasteiger partial charge in [-0.05, 0) is 23.8 Å². The van der Waals surface area contributed by atoms with Crippen LogP contribution in [-0.4, -0.2) is 4.92 Å². The van der Waals surface area contributed by atoms with E-state index in [1.807, 2.05) is 0 Å². The molecule has 3 nitrogen and oxygen atoms in total. The Morgan fingerprint density at radius 3 is 2.60 bits per heavy atom. The minimum Gasteiger partial charge on any atom is -0.258 e. The van der Waals surface area contributed by atoms with E-state index in [-0.39, 0.29) is 15.6 Å². The molecule has 0 aromatic heterocycles. The van der Waals surface area contributed by atoms with Crippen molar-refractivity contribution >= 4 is 29.1 Å². The average Bonchev–Trinajstić information content (AvgIpc) is 2.39. The van der Waals surface area contributed by atoms with E-state index in [1.54, 1.807) is 6.07 Å². The Hall–Kier alpha value is -1.66. The Kier molecular flexibility index (Phi) is 4.57. The van der Waals surface area contributed by atoms with Gasteiger partial charge in [0.05, 0.1) is 4.92 Å². The van der Waals surface area contributed by atoms with E-state index in [0.717, 1.165) is 23.9 Å². The molecule has 0 fully saturated rings. The number of nitrogens with zero attached hydrogens (tertiary/aromatic N) is 1. The van der Waals surface area contributed by atoms with Crippen molar-refractivity contribution in [1.29, 1.82) is 0 Å². The minimum atomic E-state index is -0.654. The van der Waals surface area contributed by atoms with Crippen LogP contribution in [0.5, 0.6) is 0 Å². The second-order valence-electron chi connectivity index (χ2n) is 3.91. The number of hydrogen-bond donors (Lipinski definition) is 0. The van der Waals surface area contributed by atoms with Gasteiger partial charge in [-0.15, -0.1) is 11.8 Å². The molecule has 0 saturated carbocycles. The van der Waals surface area contributed by atoms with Crippen molar-refractivity contribution in [1.82, 2.24) is 0 Å². The fourth-order valence-corrected chi connectivity index (χ4v) is 2.59. The summed E-state index contributed by atoms with van der Waals surface area (Å²) >= 11 is 6.83. The standard InChI is InChI=1S/C13H8ClF2NO2S/c14-10-3-1-8(5-12(10)17(18)19)7-20-13-4-2-9(15)6-11(13)16/h1-6H,7H2. The fraction of sp³-hybridized carbons (Fsp3) is 0.0769. The van der Waals surface area contributed by atoms with E-state index in [0.29, 0.717) is 11.3 Å². The summed E-state index contributed by atoms with van der Waals surface area (Å²) in [4.78, 5) is 10.5. The van der Waals surface area contributed by atoms with Gasteiger partial charge in [-0.1, -0.05) is 17.7 Å². The lowest BCUT2D eigenvalue weighted by Crippen LogP contribution is -1.91. The van der Waals surface area contributed by atoms with Gasteiger partial charge in [0.15, 0.2) is 0 Å². The van der Waals surface area contributed by atoms with Gasteiger partial charge in [0.1, 0.15) is 16.7 Å². The molecule has 0 radical (unpaired) electrons. The SMILES string of the molecule is O=[N+]([O-])c1cc(CSc2ccc(F)cc2F)ccc1Cl. The van der Waals surface area contributed by atoms with Crippen LogP contribution in [0.3, 0.4) is 0 Å². The first-order valence-corrected chi connectivity index (χ1v) is 6.84. The van der Waals surface area contributed by atoms with Crippen molar-refractivity contribution in [3.05, 3.63) is 68.7 Å². The maximum atomic E-state index is 13.4. The fourth-order valence-electron chi connectivity index (χ4n) is 1.54. The summed E-state index contributed by atoms with van der Waals surface area (Å²) in [5.41, 5.74) is 0.444. The van der Waals surface area contributed by atoms with Crippen molar-refractivity contribution in [2.45, 2.75) is 10.6 Å². The summed E-state index contributed by atoms with van der Waals surface area (Å²) in [5.74, 6) is -0.979. The van der Waals surface area contributed by atoms with Crippen molar-refractivity contribution in [2.24, 2.45) is 0 Å². The first-order chi connectivity index (χ1) is 9.47. The van der Waals surface area contributed by atoms with Gasteiger partial charge in [0.2, 0.25) is 0 Å². The molecule has 20 heavy (non-hydrogen) atoms. The Bertz CT molecular complexity index is 667. The van der Waals surface area contributed by atoms with Crippen LogP contribution in [0.1, 0.15) is 5.56 Å². The molecule has 0 unspecified atom stereocenters. The third-order valence-electron chi connectivity index (χ3n) is 2.50. The third-order valence-corrected chi connectivity index (χ3v) is 3.93.